The zero-order valence-electron chi connectivity index (χ0n) is 19.3. The van der Waals surface area contributed by atoms with Gasteiger partial charge in [0.1, 0.15) is 5.92 Å². The summed E-state index contributed by atoms with van der Waals surface area (Å²) in [6, 6.07) is 7.78. The quantitative estimate of drug-likeness (QED) is 0.606. The lowest BCUT2D eigenvalue weighted by atomic mass is 9.47. The highest BCUT2D eigenvalue weighted by atomic mass is 19.4. The van der Waals surface area contributed by atoms with E-state index in [4.69, 9.17) is 0 Å². The molecule has 7 atom stereocenters. The molecular formula is C27H32F3NO2. The first-order valence-corrected chi connectivity index (χ1v) is 12.2. The van der Waals surface area contributed by atoms with Gasteiger partial charge in [-0.15, -0.1) is 0 Å². The first-order valence-electron chi connectivity index (χ1n) is 12.2. The van der Waals surface area contributed by atoms with Gasteiger partial charge in [0, 0.05) is 12.5 Å². The number of ketones is 1. The number of hydrogen-bond donors (Lipinski definition) is 1. The lowest BCUT2D eigenvalue weighted by molar-refractivity contribution is -0.162. The van der Waals surface area contributed by atoms with Crippen molar-refractivity contribution in [1.29, 1.82) is 0 Å². The van der Waals surface area contributed by atoms with Crippen LogP contribution in [0.3, 0.4) is 0 Å². The molecule has 2 saturated carbocycles. The molecule has 178 valence electrons. The van der Waals surface area contributed by atoms with Crippen LogP contribution in [0.2, 0.25) is 0 Å². The Hall–Kier alpha value is -2.11. The number of piperidine rings is 1. The number of alkyl halides is 3. The van der Waals surface area contributed by atoms with Crippen LogP contribution in [0.1, 0.15) is 70.3 Å². The summed E-state index contributed by atoms with van der Waals surface area (Å²) in [4.78, 5) is 25.5. The van der Waals surface area contributed by atoms with Crippen LogP contribution in [0.4, 0.5) is 13.2 Å². The Kier molecular flexibility index (Phi) is 5.30. The standard InChI is InChI=1S/C27H32F3NO2/c1-25-14-12-19-17(8-11-21-26(19,2)15-13-22(32)31-21)18(25)9-10-20(25)24(33)23(27(28,29)30)16-6-4-3-5-7-16/h3-7,10,17-19,21,23H,8-9,11-15H2,1-2H3,(H,31,32)/t17-,18-,19-,21-,23+,25-,26+/m0/s1. The summed E-state index contributed by atoms with van der Waals surface area (Å²) in [5.41, 5.74) is -0.0786. The van der Waals surface area contributed by atoms with Gasteiger partial charge in [-0.3, -0.25) is 9.59 Å². The Labute approximate surface area is 193 Å². The summed E-state index contributed by atoms with van der Waals surface area (Å²) in [6.45, 7) is 4.32. The van der Waals surface area contributed by atoms with Crippen LogP contribution in [0.25, 0.3) is 0 Å². The molecule has 1 aromatic carbocycles. The molecule has 0 radical (unpaired) electrons. The van der Waals surface area contributed by atoms with Crippen molar-refractivity contribution in [3.8, 4) is 0 Å². The predicted octanol–water partition coefficient (Wildman–Crippen LogP) is 5.96. The van der Waals surface area contributed by atoms with E-state index in [1.54, 1.807) is 18.2 Å². The minimum Gasteiger partial charge on any atom is -0.353 e. The maximum Gasteiger partial charge on any atom is 0.402 e. The average molecular weight is 460 g/mol. The molecule has 1 aromatic rings. The van der Waals surface area contributed by atoms with Crippen molar-refractivity contribution >= 4 is 11.7 Å². The second kappa shape index (κ2) is 7.71. The van der Waals surface area contributed by atoms with Crippen molar-refractivity contribution in [2.24, 2.45) is 28.6 Å². The molecule has 1 heterocycles. The van der Waals surface area contributed by atoms with Gasteiger partial charge in [-0.05, 0) is 78.2 Å². The van der Waals surface area contributed by atoms with Gasteiger partial charge < -0.3 is 5.32 Å². The molecule has 0 unspecified atom stereocenters. The van der Waals surface area contributed by atoms with Gasteiger partial charge in [-0.1, -0.05) is 50.3 Å². The second-order valence-corrected chi connectivity index (χ2v) is 11.1. The lowest BCUT2D eigenvalue weighted by Gasteiger charge is -2.60. The number of fused-ring (bicyclic) bond motifs is 5. The van der Waals surface area contributed by atoms with Crippen molar-refractivity contribution in [2.75, 3.05) is 0 Å². The van der Waals surface area contributed by atoms with E-state index < -0.39 is 23.3 Å². The first kappa shape index (κ1) is 22.7. The third kappa shape index (κ3) is 3.47. The molecule has 1 amide bonds. The Morgan fingerprint density at radius 2 is 1.79 bits per heavy atom. The number of nitrogens with one attached hydrogen (secondary N) is 1. The number of halogens is 3. The van der Waals surface area contributed by atoms with Crippen molar-refractivity contribution in [3.05, 3.63) is 47.5 Å². The molecule has 0 aromatic heterocycles. The Morgan fingerprint density at radius 1 is 1.06 bits per heavy atom. The van der Waals surface area contributed by atoms with Crippen LogP contribution in [0, 0.1) is 28.6 Å². The molecule has 4 aliphatic rings. The minimum absolute atomic E-state index is 0.0163. The average Bonchev–Trinajstić information content (AvgIpc) is 3.11. The number of amides is 1. The molecule has 3 fully saturated rings. The fourth-order valence-electron chi connectivity index (χ4n) is 7.94. The number of Topliss-reactive ketones (excluding diaryl/α,β-unsaturated/α-hetero) is 1. The summed E-state index contributed by atoms with van der Waals surface area (Å²) in [6.07, 6.45) is 2.79. The summed E-state index contributed by atoms with van der Waals surface area (Å²) < 4.78 is 42.3. The Balaban J connectivity index is 1.43. The van der Waals surface area contributed by atoms with Crippen LogP contribution in [-0.4, -0.2) is 23.9 Å². The van der Waals surface area contributed by atoms with Crippen LogP contribution < -0.4 is 5.32 Å². The van der Waals surface area contributed by atoms with E-state index in [2.05, 4.69) is 12.2 Å². The fourth-order valence-corrected chi connectivity index (χ4v) is 7.94. The van der Waals surface area contributed by atoms with Crippen LogP contribution in [-0.2, 0) is 9.59 Å². The fraction of sp³-hybridized carbons (Fsp3) is 0.630. The number of carbonyl (C=O) groups is 2. The molecular weight excluding hydrogens is 427 g/mol. The monoisotopic (exact) mass is 459 g/mol. The van der Waals surface area contributed by atoms with Gasteiger partial charge in [0.05, 0.1) is 0 Å². The molecule has 1 saturated heterocycles. The number of allylic oxidation sites excluding steroid dienone is 2. The van der Waals surface area contributed by atoms with Crippen molar-refractivity contribution < 1.29 is 22.8 Å². The largest absolute Gasteiger partial charge is 0.402 e. The van der Waals surface area contributed by atoms with E-state index >= 15 is 0 Å². The molecule has 3 nitrogen and oxygen atoms in total. The SMILES string of the molecule is C[C@]12CCC(=O)N[C@H]1CC[C@@H]1[C@@H]2CC[C@]2(C)C(C(=O)[C@@H](c3ccccc3)C(F)(F)F)=CC[C@@H]12. The summed E-state index contributed by atoms with van der Waals surface area (Å²) >= 11 is 0. The highest BCUT2D eigenvalue weighted by Crippen LogP contribution is 2.64. The predicted molar refractivity (Wildman–Crippen MR) is 119 cm³/mol. The molecule has 6 heteroatoms. The molecule has 1 N–H and O–H groups in total. The molecule has 33 heavy (non-hydrogen) atoms. The van der Waals surface area contributed by atoms with Crippen molar-refractivity contribution in [1.82, 2.24) is 5.32 Å². The van der Waals surface area contributed by atoms with E-state index in [0.29, 0.717) is 30.3 Å². The van der Waals surface area contributed by atoms with E-state index in [1.807, 2.05) is 13.0 Å². The first-order chi connectivity index (χ1) is 15.6. The van der Waals surface area contributed by atoms with E-state index in [0.717, 1.165) is 32.1 Å². The van der Waals surface area contributed by atoms with Gasteiger partial charge in [0.2, 0.25) is 5.91 Å². The molecule has 0 bridgehead atoms. The maximum atomic E-state index is 14.1. The zero-order chi connectivity index (χ0) is 23.6. The molecule has 3 aliphatic carbocycles. The highest BCUT2D eigenvalue weighted by Gasteiger charge is 2.60. The van der Waals surface area contributed by atoms with Gasteiger partial charge in [-0.2, -0.15) is 13.2 Å². The van der Waals surface area contributed by atoms with Crippen molar-refractivity contribution in [2.45, 2.75) is 76.9 Å². The van der Waals surface area contributed by atoms with Gasteiger partial charge in [-0.25, -0.2) is 0 Å². The zero-order valence-corrected chi connectivity index (χ0v) is 19.3. The maximum absolute atomic E-state index is 14.1. The van der Waals surface area contributed by atoms with Crippen LogP contribution in [0.15, 0.2) is 42.0 Å². The summed E-state index contributed by atoms with van der Waals surface area (Å²) in [5, 5.41) is 3.21. The van der Waals surface area contributed by atoms with Gasteiger partial charge in [0.15, 0.2) is 5.78 Å². The van der Waals surface area contributed by atoms with Gasteiger partial charge in [0.25, 0.3) is 0 Å². The smallest absolute Gasteiger partial charge is 0.353 e. The number of benzene rings is 1. The summed E-state index contributed by atoms with van der Waals surface area (Å²) in [5.74, 6) is -1.75. The number of carbonyl (C=O) groups excluding carboxylic acids is 2. The third-order valence-corrected chi connectivity index (χ3v) is 9.66. The highest BCUT2D eigenvalue weighted by molar-refractivity contribution is 6.02. The molecule has 5 rings (SSSR count). The van der Waals surface area contributed by atoms with E-state index in [1.165, 1.54) is 12.1 Å². The second-order valence-electron chi connectivity index (χ2n) is 11.1. The van der Waals surface area contributed by atoms with E-state index in [-0.39, 0.29) is 28.8 Å². The number of hydrogen-bond acceptors (Lipinski definition) is 2. The lowest BCUT2D eigenvalue weighted by Crippen LogP contribution is -2.61. The Bertz CT molecular complexity index is 987. The van der Waals surface area contributed by atoms with Crippen LogP contribution in [0.5, 0.6) is 0 Å². The topological polar surface area (TPSA) is 46.2 Å². The van der Waals surface area contributed by atoms with Crippen LogP contribution >= 0.6 is 0 Å². The molecule has 0 spiro atoms. The van der Waals surface area contributed by atoms with Crippen molar-refractivity contribution in [3.63, 3.8) is 0 Å². The van der Waals surface area contributed by atoms with Gasteiger partial charge >= 0.3 is 6.18 Å². The normalized spacial score (nSPS) is 38.9. The molecule has 1 aliphatic heterocycles. The minimum atomic E-state index is -4.63. The number of rotatable bonds is 3. The van der Waals surface area contributed by atoms with E-state index in [9.17, 15) is 22.8 Å². The Morgan fingerprint density at radius 3 is 2.48 bits per heavy atom. The summed E-state index contributed by atoms with van der Waals surface area (Å²) in [7, 11) is 0. The third-order valence-electron chi connectivity index (χ3n) is 9.66.